The van der Waals surface area contributed by atoms with Crippen LogP contribution in [0.1, 0.15) is 40.8 Å². The molecule has 5 heterocycles. The first-order chi connectivity index (χ1) is 27.8. The van der Waals surface area contributed by atoms with Gasteiger partial charge in [0.15, 0.2) is 23.2 Å². The first kappa shape index (κ1) is 37.9. The van der Waals surface area contributed by atoms with Gasteiger partial charge in [-0.15, -0.1) is 0 Å². The third kappa shape index (κ3) is 8.15. The van der Waals surface area contributed by atoms with Crippen molar-refractivity contribution in [3.05, 3.63) is 142 Å². The number of benzene rings is 4. The molecule has 0 unspecified atom stereocenters. The van der Waals surface area contributed by atoms with Crippen molar-refractivity contribution in [3.63, 3.8) is 0 Å². The van der Waals surface area contributed by atoms with Gasteiger partial charge in [-0.05, 0) is 120 Å². The quantitative estimate of drug-likeness (QED) is 0.141. The summed E-state index contributed by atoms with van der Waals surface area (Å²) < 4.78 is 51.8. The van der Waals surface area contributed by atoms with Crippen molar-refractivity contribution in [2.24, 2.45) is 0 Å². The zero-order valence-electron chi connectivity index (χ0n) is 31.8. The molecule has 0 saturated carbocycles. The lowest BCUT2D eigenvalue weighted by atomic mass is 10.00. The molecule has 4 aromatic carbocycles. The molecule has 2 aliphatic rings. The fourth-order valence-corrected chi connectivity index (χ4v) is 7.83. The summed E-state index contributed by atoms with van der Waals surface area (Å²) >= 11 is 3.47. The summed E-state index contributed by atoms with van der Waals surface area (Å²) in [5.41, 5.74) is 8.03. The zero-order valence-corrected chi connectivity index (χ0v) is 33.4. The number of fused-ring (bicyclic) bond motifs is 2. The van der Waals surface area contributed by atoms with Crippen LogP contribution in [0.15, 0.2) is 111 Å². The monoisotopic (exact) mass is 834 g/mol. The van der Waals surface area contributed by atoms with Crippen LogP contribution in [0.4, 0.5) is 20.4 Å². The van der Waals surface area contributed by atoms with Crippen LogP contribution in [-0.2, 0) is 25.9 Å². The Kier molecular flexibility index (Phi) is 11.1. The summed E-state index contributed by atoms with van der Waals surface area (Å²) in [6.45, 7) is 5.10. The maximum Gasteiger partial charge on any atom is 0.176 e. The normalized spacial score (nSPS) is 13.4. The molecule has 0 N–H and O–H groups in total. The second kappa shape index (κ2) is 16.6. The van der Waals surface area contributed by atoms with E-state index in [1.54, 1.807) is 20.5 Å². The van der Waals surface area contributed by atoms with E-state index in [0.717, 1.165) is 123 Å². The van der Waals surface area contributed by atoms with Gasteiger partial charge in [0.1, 0.15) is 23.1 Å². The predicted octanol–water partition coefficient (Wildman–Crippen LogP) is 10.1. The van der Waals surface area contributed by atoms with Crippen molar-refractivity contribution in [1.29, 1.82) is 0 Å². The molecule has 0 fully saturated rings. The molecule has 0 aliphatic carbocycles. The highest BCUT2D eigenvalue weighted by Gasteiger charge is 2.28. The van der Waals surface area contributed by atoms with E-state index in [9.17, 15) is 8.78 Å². The van der Waals surface area contributed by atoms with Gasteiger partial charge >= 0.3 is 0 Å². The number of nitrogens with zero attached hydrogens (tertiary/aromatic N) is 6. The van der Waals surface area contributed by atoms with Crippen LogP contribution in [0.2, 0.25) is 0 Å². The van der Waals surface area contributed by atoms with Crippen molar-refractivity contribution in [2.45, 2.75) is 45.7 Å². The molecule has 3 aromatic heterocycles. The van der Waals surface area contributed by atoms with E-state index in [1.165, 1.54) is 24.3 Å². The fraction of sp³-hybridized carbons (Fsp3) is 0.250. The van der Waals surface area contributed by atoms with Crippen molar-refractivity contribution in [3.8, 4) is 39.8 Å². The Morgan fingerprint density at radius 2 is 1.19 bits per heavy atom. The number of halogens is 3. The Morgan fingerprint density at radius 1 is 0.684 bits per heavy atom. The number of methoxy groups -OCH3 is 2. The van der Waals surface area contributed by atoms with Crippen LogP contribution >= 0.6 is 15.9 Å². The number of rotatable bonds is 9. The minimum absolute atomic E-state index is 0.221. The van der Waals surface area contributed by atoms with Crippen LogP contribution in [0.3, 0.4) is 0 Å². The van der Waals surface area contributed by atoms with Gasteiger partial charge in [-0.1, -0.05) is 34.6 Å². The van der Waals surface area contributed by atoms with E-state index in [1.807, 2.05) is 78.4 Å². The molecule has 0 bridgehead atoms. The molecule has 292 valence electrons. The number of anilines is 2. The third-order valence-electron chi connectivity index (χ3n) is 10.3. The molecule has 0 spiro atoms. The van der Waals surface area contributed by atoms with Gasteiger partial charge in [0.25, 0.3) is 0 Å². The largest absolute Gasteiger partial charge is 0.496 e. The molecule has 0 radical (unpaired) electrons. The van der Waals surface area contributed by atoms with Crippen molar-refractivity contribution in [2.75, 3.05) is 37.1 Å². The van der Waals surface area contributed by atoms with Gasteiger partial charge in [0.05, 0.1) is 36.4 Å². The predicted molar refractivity (Wildman–Crippen MR) is 218 cm³/mol. The SMILES string of the molecule is COc1cc(-c2onc3c2CCCN3Cc2ccc(F)cc2)ccc1-n1cnc(C)c1.COc1cc(-c2onc3c2CCCN3Cc2ccc(F)cc2)ccc1Br. The van der Waals surface area contributed by atoms with E-state index < -0.39 is 0 Å². The number of hydrogen-bond donors (Lipinski definition) is 0. The molecule has 13 heteroatoms. The summed E-state index contributed by atoms with van der Waals surface area (Å²) in [7, 11) is 3.30. The molecule has 7 aromatic rings. The highest BCUT2D eigenvalue weighted by Crippen LogP contribution is 2.40. The first-order valence-corrected chi connectivity index (χ1v) is 19.6. The second-order valence-electron chi connectivity index (χ2n) is 14.1. The second-order valence-corrected chi connectivity index (χ2v) is 14.9. The summed E-state index contributed by atoms with van der Waals surface area (Å²) in [6.07, 6.45) is 7.59. The Bertz CT molecular complexity index is 2480. The zero-order chi connectivity index (χ0) is 39.5. The lowest BCUT2D eigenvalue weighted by molar-refractivity contribution is 0.411. The van der Waals surface area contributed by atoms with Crippen molar-refractivity contribution < 1.29 is 27.3 Å². The standard InChI is InChI=1S/C24H23FN4O2.C20H18BrFN2O2/c1-16-13-29(15-26-16)21-10-7-18(12-22(21)30-2)23-20-4-3-11-28(24(20)27-31-23)14-17-5-8-19(25)9-6-17;1-25-18-11-14(6-9-17(18)21)19-16-3-2-10-24(20(16)23-26-19)12-13-4-7-15(22)8-5-13/h5-10,12-13,15H,3-4,11,14H2,1-2H3;4-9,11H,2-3,10,12H2,1H3. The minimum atomic E-state index is -0.227. The van der Waals surface area contributed by atoms with E-state index >= 15 is 0 Å². The molecule has 2 aliphatic heterocycles. The molecular formula is C44H41BrF2N6O4. The molecule has 57 heavy (non-hydrogen) atoms. The van der Waals surface area contributed by atoms with Crippen LogP contribution < -0.4 is 19.3 Å². The molecule has 9 rings (SSSR count). The van der Waals surface area contributed by atoms with Crippen molar-refractivity contribution >= 4 is 27.6 Å². The van der Waals surface area contributed by atoms with Gasteiger partial charge in [-0.25, -0.2) is 13.8 Å². The number of ether oxygens (including phenoxy) is 2. The van der Waals surface area contributed by atoms with Gasteiger partial charge < -0.3 is 32.9 Å². The summed E-state index contributed by atoms with van der Waals surface area (Å²) in [5, 5.41) is 8.72. The number of aryl methyl sites for hydroxylation is 1. The van der Waals surface area contributed by atoms with Crippen molar-refractivity contribution in [1.82, 2.24) is 19.9 Å². The summed E-state index contributed by atoms with van der Waals surface area (Å²) in [6, 6.07) is 25.1. The maximum absolute atomic E-state index is 13.2. The van der Waals surface area contributed by atoms with E-state index in [-0.39, 0.29) is 11.6 Å². The third-order valence-corrected chi connectivity index (χ3v) is 10.9. The van der Waals surface area contributed by atoms with Crippen LogP contribution in [0.25, 0.3) is 28.3 Å². The molecule has 0 saturated heterocycles. The first-order valence-electron chi connectivity index (χ1n) is 18.8. The molecule has 10 nitrogen and oxygen atoms in total. The van der Waals surface area contributed by atoms with E-state index in [0.29, 0.717) is 13.1 Å². The number of hydrogen-bond acceptors (Lipinski definition) is 9. The number of imidazole rings is 1. The maximum atomic E-state index is 13.2. The molecule has 0 atom stereocenters. The summed E-state index contributed by atoms with van der Waals surface area (Å²) in [5.74, 6) is 4.33. The lowest BCUT2D eigenvalue weighted by Crippen LogP contribution is -2.28. The van der Waals surface area contributed by atoms with Gasteiger partial charge in [-0.3, -0.25) is 0 Å². The minimum Gasteiger partial charge on any atom is -0.496 e. The Labute approximate surface area is 337 Å². The Hall–Kier alpha value is -5.95. The highest BCUT2D eigenvalue weighted by atomic mass is 79.9. The van der Waals surface area contributed by atoms with Gasteiger partial charge in [-0.2, -0.15) is 0 Å². The van der Waals surface area contributed by atoms with Gasteiger partial charge in [0, 0.05) is 54.6 Å². The average Bonchev–Trinajstić information content (AvgIpc) is 3.99. The Morgan fingerprint density at radius 3 is 1.68 bits per heavy atom. The number of aromatic nitrogens is 4. The van der Waals surface area contributed by atoms with E-state index in [4.69, 9.17) is 18.5 Å². The lowest BCUT2D eigenvalue weighted by Gasteiger charge is -2.27. The van der Waals surface area contributed by atoms with Crippen LogP contribution in [0.5, 0.6) is 11.5 Å². The smallest absolute Gasteiger partial charge is 0.176 e. The van der Waals surface area contributed by atoms with Gasteiger partial charge in [0.2, 0.25) is 0 Å². The summed E-state index contributed by atoms with van der Waals surface area (Å²) in [4.78, 5) is 8.68. The van der Waals surface area contributed by atoms with E-state index in [2.05, 4.69) is 41.0 Å². The highest BCUT2D eigenvalue weighted by molar-refractivity contribution is 9.10. The Balaban J connectivity index is 0.000000162. The van der Waals surface area contributed by atoms with Crippen LogP contribution in [-0.4, -0.2) is 47.2 Å². The topological polar surface area (TPSA) is 94.8 Å². The molecule has 0 amide bonds. The molecular weight excluding hydrogens is 794 g/mol. The fourth-order valence-electron chi connectivity index (χ4n) is 7.42. The van der Waals surface area contributed by atoms with Crippen LogP contribution in [0, 0.1) is 18.6 Å². The average molecular weight is 836 g/mol.